The van der Waals surface area contributed by atoms with Crippen LogP contribution in [0.15, 0.2) is 30.3 Å². The summed E-state index contributed by atoms with van der Waals surface area (Å²) in [7, 11) is 2.82. The van der Waals surface area contributed by atoms with Gasteiger partial charge < -0.3 is 15.2 Å². The summed E-state index contributed by atoms with van der Waals surface area (Å²) in [6.07, 6.45) is 0. The van der Waals surface area contributed by atoms with Crippen LogP contribution in [-0.4, -0.2) is 14.2 Å². The van der Waals surface area contributed by atoms with Crippen LogP contribution in [0.3, 0.4) is 0 Å². The third-order valence-electron chi connectivity index (χ3n) is 2.80. The second-order valence-corrected chi connectivity index (χ2v) is 3.92. The fourth-order valence-corrected chi connectivity index (χ4v) is 1.77. The minimum Gasteiger partial charge on any atom is -0.497 e. The Hall–Kier alpha value is -2.30. The average molecular weight is 265 g/mol. The summed E-state index contributed by atoms with van der Waals surface area (Å²) in [5.41, 5.74) is 6.01. The normalized spacial score (nSPS) is 10.3. The number of nitrogen functional groups attached to an aromatic ring is 1. The molecule has 19 heavy (non-hydrogen) atoms. The highest BCUT2D eigenvalue weighted by Gasteiger charge is 2.13. The molecule has 0 heterocycles. The number of hydrogen-bond acceptors (Lipinski definition) is 3. The zero-order valence-corrected chi connectivity index (χ0v) is 10.5. The van der Waals surface area contributed by atoms with Gasteiger partial charge in [0.05, 0.1) is 14.2 Å². The molecule has 100 valence electrons. The molecule has 0 amide bonds. The summed E-state index contributed by atoms with van der Waals surface area (Å²) in [5.74, 6) is -0.593. The lowest BCUT2D eigenvalue weighted by Crippen LogP contribution is -1.97. The fourth-order valence-electron chi connectivity index (χ4n) is 1.77. The van der Waals surface area contributed by atoms with Crippen LogP contribution in [0.2, 0.25) is 0 Å². The van der Waals surface area contributed by atoms with Crippen molar-refractivity contribution >= 4 is 5.69 Å². The van der Waals surface area contributed by atoms with Gasteiger partial charge in [-0.15, -0.1) is 0 Å². The van der Waals surface area contributed by atoms with E-state index in [4.69, 9.17) is 15.2 Å². The largest absolute Gasteiger partial charge is 0.497 e. The van der Waals surface area contributed by atoms with E-state index in [1.165, 1.54) is 38.5 Å². The first kappa shape index (κ1) is 13.1. The smallest absolute Gasteiger partial charge is 0.150 e. The van der Waals surface area contributed by atoms with Crippen molar-refractivity contribution in [1.29, 1.82) is 0 Å². The van der Waals surface area contributed by atoms with Crippen molar-refractivity contribution in [3.63, 3.8) is 0 Å². The highest BCUT2D eigenvalue weighted by atomic mass is 19.1. The van der Waals surface area contributed by atoms with E-state index in [9.17, 15) is 8.78 Å². The quantitative estimate of drug-likeness (QED) is 0.866. The summed E-state index contributed by atoms with van der Waals surface area (Å²) < 4.78 is 37.4. The van der Waals surface area contributed by atoms with Crippen molar-refractivity contribution in [2.75, 3.05) is 20.0 Å². The molecule has 0 bridgehead atoms. The number of benzene rings is 2. The van der Waals surface area contributed by atoms with Crippen molar-refractivity contribution in [2.45, 2.75) is 0 Å². The number of ether oxygens (including phenoxy) is 2. The van der Waals surface area contributed by atoms with Gasteiger partial charge in [0.25, 0.3) is 0 Å². The molecule has 0 aliphatic rings. The van der Waals surface area contributed by atoms with E-state index in [0.29, 0.717) is 11.3 Å². The highest BCUT2D eigenvalue weighted by molar-refractivity contribution is 5.71. The number of halogens is 2. The van der Waals surface area contributed by atoms with E-state index in [0.717, 1.165) is 0 Å². The minimum absolute atomic E-state index is 0.0971. The van der Waals surface area contributed by atoms with Gasteiger partial charge in [-0.05, 0) is 29.8 Å². The molecule has 2 rings (SSSR count). The molecule has 0 aromatic heterocycles. The first-order chi connectivity index (χ1) is 9.06. The van der Waals surface area contributed by atoms with Crippen LogP contribution in [0.5, 0.6) is 11.5 Å². The second-order valence-electron chi connectivity index (χ2n) is 3.92. The molecule has 0 atom stereocenters. The molecule has 0 radical (unpaired) electrons. The van der Waals surface area contributed by atoms with Gasteiger partial charge in [0.15, 0.2) is 5.82 Å². The standard InChI is InChI=1S/C14H13F2NO2/c1-18-9-3-4-10(11(15)7-9)8-5-12(16)14(17)13(6-8)19-2/h3-7H,17H2,1-2H3. The predicted octanol–water partition coefficient (Wildman–Crippen LogP) is 3.23. The Balaban J connectivity index is 2.56. The lowest BCUT2D eigenvalue weighted by Gasteiger charge is -2.10. The molecular formula is C14H13F2NO2. The average Bonchev–Trinajstić information content (AvgIpc) is 2.41. The van der Waals surface area contributed by atoms with Gasteiger partial charge in [0, 0.05) is 11.6 Å². The third kappa shape index (κ3) is 2.45. The Kier molecular flexibility index (Phi) is 3.55. The molecule has 0 spiro atoms. The summed E-state index contributed by atoms with van der Waals surface area (Å²) in [5, 5.41) is 0. The van der Waals surface area contributed by atoms with Crippen molar-refractivity contribution in [3.8, 4) is 22.6 Å². The van der Waals surface area contributed by atoms with Gasteiger partial charge in [-0.3, -0.25) is 0 Å². The molecule has 0 aliphatic heterocycles. The molecule has 0 saturated heterocycles. The van der Waals surface area contributed by atoms with Gasteiger partial charge in [-0.25, -0.2) is 8.78 Å². The van der Waals surface area contributed by atoms with Crippen molar-refractivity contribution in [1.82, 2.24) is 0 Å². The number of hydrogen-bond donors (Lipinski definition) is 1. The van der Waals surface area contributed by atoms with Crippen LogP contribution >= 0.6 is 0 Å². The molecule has 0 fully saturated rings. The topological polar surface area (TPSA) is 44.5 Å². The lowest BCUT2D eigenvalue weighted by atomic mass is 10.0. The van der Waals surface area contributed by atoms with Crippen LogP contribution in [-0.2, 0) is 0 Å². The van der Waals surface area contributed by atoms with Crippen LogP contribution in [0, 0.1) is 11.6 Å². The Morgan fingerprint density at radius 2 is 1.68 bits per heavy atom. The molecule has 3 nitrogen and oxygen atoms in total. The Morgan fingerprint density at radius 3 is 2.26 bits per heavy atom. The van der Waals surface area contributed by atoms with Crippen LogP contribution in [0.25, 0.3) is 11.1 Å². The van der Waals surface area contributed by atoms with E-state index >= 15 is 0 Å². The molecule has 5 heteroatoms. The Labute approximate surface area is 109 Å². The van der Waals surface area contributed by atoms with E-state index in [1.54, 1.807) is 6.07 Å². The SMILES string of the molecule is COc1ccc(-c2cc(F)c(N)c(OC)c2)c(F)c1. The molecule has 0 saturated carbocycles. The summed E-state index contributed by atoms with van der Waals surface area (Å²) >= 11 is 0. The monoisotopic (exact) mass is 265 g/mol. The minimum atomic E-state index is -0.649. The van der Waals surface area contributed by atoms with Gasteiger partial charge in [0.2, 0.25) is 0 Å². The second kappa shape index (κ2) is 5.14. The predicted molar refractivity (Wildman–Crippen MR) is 69.3 cm³/mol. The van der Waals surface area contributed by atoms with Crippen LogP contribution in [0.1, 0.15) is 0 Å². The Bertz CT molecular complexity index is 615. The van der Waals surface area contributed by atoms with Gasteiger partial charge in [-0.2, -0.15) is 0 Å². The maximum Gasteiger partial charge on any atom is 0.150 e. The summed E-state index contributed by atoms with van der Waals surface area (Å²) in [4.78, 5) is 0. The fraction of sp³-hybridized carbons (Fsp3) is 0.143. The van der Waals surface area contributed by atoms with E-state index < -0.39 is 11.6 Å². The molecule has 0 unspecified atom stereocenters. The lowest BCUT2D eigenvalue weighted by molar-refractivity contribution is 0.411. The van der Waals surface area contributed by atoms with Gasteiger partial charge >= 0.3 is 0 Å². The van der Waals surface area contributed by atoms with Gasteiger partial charge in [0.1, 0.15) is 23.0 Å². The first-order valence-corrected chi connectivity index (χ1v) is 5.53. The maximum absolute atomic E-state index is 13.9. The highest BCUT2D eigenvalue weighted by Crippen LogP contribution is 2.33. The molecule has 2 N–H and O–H groups in total. The van der Waals surface area contributed by atoms with E-state index in [-0.39, 0.29) is 17.0 Å². The zero-order valence-electron chi connectivity index (χ0n) is 10.5. The van der Waals surface area contributed by atoms with Crippen molar-refractivity contribution in [3.05, 3.63) is 42.0 Å². The molecular weight excluding hydrogens is 252 g/mol. The molecule has 2 aromatic rings. The van der Waals surface area contributed by atoms with E-state index in [2.05, 4.69) is 0 Å². The summed E-state index contributed by atoms with van der Waals surface area (Å²) in [6.45, 7) is 0. The van der Waals surface area contributed by atoms with Crippen molar-refractivity contribution in [2.24, 2.45) is 0 Å². The first-order valence-electron chi connectivity index (χ1n) is 5.53. The van der Waals surface area contributed by atoms with Crippen molar-refractivity contribution < 1.29 is 18.3 Å². The number of rotatable bonds is 3. The number of methoxy groups -OCH3 is 2. The van der Waals surface area contributed by atoms with Gasteiger partial charge in [-0.1, -0.05) is 0 Å². The molecule has 0 aliphatic carbocycles. The van der Waals surface area contributed by atoms with Crippen LogP contribution < -0.4 is 15.2 Å². The number of nitrogens with two attached hydrogens (primary N) is 1. The van der Waals surface area contributed by atoms with E-state index in [1.807, 2.05) is 0 Å². The third-order valence-corrected chi connectivity index (χ3v) is 2.80. The summed E-state index contributed by atoms with van der Waals surface area (Å²) in [6, 6.07) is 7.00. The Morgan fingerprint density at radius 1 is 0.947 bits per heavy atom. The number of anilines is 1. The van der Waals surface area contributed by atoms with Crippen LogP contribution in [0.4, 0.5) is 14.5 Å². The zero-order chi connectivity index (χ0) is 14.0. The molecule has 2 aromatic carbocycles. The maximum atomic E-state index is 13.9.